The van der Waals surface area contributed by atoms with E-state index in [1.165, 1.54) is 77.9 Å². The standard InChI is InChI=1S/C64H54N4/c1-43-13-11-15-49(37-43)67(61-17-7-9-35-65-61)51-29-33-55-53-31-27-47(39-57(53)63(3,4)59(55)41-51)25-23-45-19-21-46(22-20-45)24-26-48-28-32-54-56-34-30-52(42-60(56)64(5,6)58(54)40-48)68(62-18-8-10-36-66-62)50-16-12-14-44(2)38-50/h7-42H,1-6H3/b25-23+,26-24+. The van der Waals surface area contributed by atoms with Crippen LogP contribution in [0.1, 0.15) is 83.3 Å². The van der Waals surface area contributed by atoms with Crippen LogP contribution in [0.3, 0.4) is 0 Å². The van der Waals surface area contributed by atoms with Gasteiger partial charge in [-0.2, -0.15) is 0 Å². The molecule has 68 heavy (non-hydrogen) atoms. The van der Waals surface area contributed by atoms with Gasteiger partial charge in [0.1, 0.15) is 11.6 Å². The lowest BCUT2D eigenvalue weighted by Gasteiger charge is -2.27. The summed E-state index contributed by atoms with van der Waals surface area (Å²) in [6.45, 7) is 13.7. The molecule has 4 nitrogen and oxygen atoms in total. The van der Waals surface area contributed by atoms with Crippen molar-refractivity contribution in [2.45, 2.75) is 52.4 Å². The number of rotatable bonds is 10. The predicted molar refractivity (Wildman–Crippen MR) is 287 cm³/mol. The molecule has 0 spiro atoms. The molecule has 0 N–H and O–H groups in total. The molecule has 0 fully saturated rings. The molecular weight excluding hydrogens is 825 g/mol. The van der Waals surface area contributed by atoms with Crippen molar-refractivity contribution in [3.05, 3.63) is 250 Å². The molecule has 0 atom stereocenters. The number of anilines is 6. The maximum Gasteiger partial charge on any atom is 0.137 e. The Bertz CT molecular complexity index is 3190. The monoisotopic (exact) mass is 878 g/mol. The molecule has 7 aromatic carbocycles. The Morgan fingerprint density at radius 3 is 1.07 bits per heavy atom. The van der Waals surface area contributed by atoms with Crippen molar-refractivity contribution in [1.82, 2.24) is 9.97 Å². The Labute approximate surface area is 401 Å². The number of nitrogens with zero attached hydrogens (tertiary/aromatic N) is 4. The molecule has 0 unspecified atom stereocenters. The van der Waals surface area contributed by atoms with Gasteiger partial charge < -0.3 is 0 Å². The Morgan fingerprint density at radius 2 is 0.691 bits per heavy atom. The summed E-state index contributed by atoms with van der Waals surface area (Å²) in [6.07, 6.45) is 12.6. The van der Waals surface area contributed by atoms with Gasteiger partial charge in [0.25, 0.3) is 0 Å². The minimum atomic E-state index is -0.173. The summed E-state index contributed by atoms with van der Waals surface area (Å²) in [5.41, 5.74) is 21.8. The fourth-order valence-electron chi connectivity index (χ4n) is 10.4. The van der Waals surface area contributed by atoms with E-state index in [0.717, 1.165) is 34.4 Å². The molecule has 0 radical (unpaired) electrons. The smallest absolute Gasteiger partial charge is 0.137 e. The normalized spacial score (nSPS) is 13.9. The first-order valence-electron chi connectivity index (χ1n) is 23.6. The Morgan fingerprint density at radius 1 is 0.338 bits per heavy atom. The molecule has 4 heteroatoms. The first-order chi connectivity index (χ1) is 33.0. The molecule has 2 heterocycles. The molecule has 0 aliphatic heterocycles. The highest BCUT2D eigenvalue weighted by Crippen LogP contribution is 2.52. The fourth-order valence-corrected chi connectivity index (χ4v) is 10.4. The lowest BCUT2D eigenvalue weighted by molar-refractivity contribution is 0.660. The van der Waals surface area contributed by atoms with E-state index in [9.17, 15) is 0 Å². The van der Waals surface area contributed by atoms with Crippen LogP contribution < -0.4 is 9.80 Å². The molecule has 0 saturated carbocycles. The van der Waals surface area contributed by atoms with Crippen molar-refractivity contribution in [1.29, 1.82) is 0 Å². The maximum absolute atomic E-state index is 4.77. The van der Waals surface area contributed by atoms with Gasteiger partial charge in [-0.15, -0.1) is 0 Å². The van der Waals surface area contributed by atoms with E-state index in [1.54, 1.807) is 0 Å². The van der Waals surface area contributed by atoms with Gasteiger partial charge >= 0.3 is 0 Å². The molecule has 0 saturated heterocycles. The van der Waals surface area contributed by atoms with Crippen LogP contribution in [-0.4, -0.2) is 9.97 Å². The van der Waals surface area contributed by atoms with Crippen LogP contribution in [0, 0.1) is 13.8 Å². The first-order valence-corrected chi connectivity index (χ1v) is 23.6. The average molecular weight is 879 g/mol. The summed E-state index contributed by atoms with van der Waals surface area (Å²) < 4.78 is 0. The number of aromatic nitrogens is 2. The second-order valence-electron chi connectivity index (χ2n) is 19.4. The Hall–Kier alpha value is -8.08. The molecular formula is C64H54N4. The highest BCUT2D eigenvalue weighted by Gasteiger charge is 2.37. The van der Waals surface area contributed by atoms with Gasteiger partial charge in [-0.25, -0.2) is 9.97 Å². The van der Waals surface area contributed by atoms with E-state index < -0.39 is 0 Å². The van der Waals surface area contributed by atoms with E-state index in [2.05, 4.69) is 246 Å². The number of aryl methyl sites for hydroxylation is 2. The zero-order valence-electron chi connectivity index (χ0n) is 39.6. The third kappa shape index (κ3) is 7.72. The topological polar surface area (TPSA) is 32.3 Å². The number of fused-ring (bicyclic) bond motifs is 6. The average Bonchev–Trinajstić information content (AvgIpc) is 3.72. The third-order valence-electron chi connectivity index (χ3n) is 14.0. The number of hydrogen-bond donors (Lipinski definition) is 0. The molecule has 2 aromatic heterocycles. The van der Waals surface area contributed by atoms with Gasteiger partial charge in [0.05, 0.1) is 0 Å². The van der Waals surface area contributed by atoms with Gasteiger partial charge in [0.15, 0.2) is 0 Å². The van der Waals surface area contributed by atoms with E-state index >= 15 is 0 Å². The zero-order valence-corrected chi connectivity index (χ0v) is 39.6. The maximum atomic E-state index is 4.77. The minimum absolute atomic E-state index is 0.173. The second kappa shape index (κ2) is 17.0. The fraction of sp³-hybridized carbons (Fsp3) is 0.125. The second-order valence-corrected chi connectivity index (χ2v) is 19.4. The van der Waals surface area contributed by atoms with Crippen molar-refractivity contribution < 1.29 is 0 Å². The molecule has 330 valence electrons. The van der Waals surface area contributed by atoms with E-state index in [-0.39, 0.29) is 10.8 Å². The van der Waals surface area contributed by atoms with E-state index in [1.807, 2.05) is 24.5 Å². The molecule has 2 aliphatic rings. The lowest BCUT2D eigenvalue weighted by atomic mass is 9.81. The van der Waals surface area contributed by atoms with Gasteiger partial charge in [0, 0.05) is 46.0 Å². The van der Waals surface area contributed by atoms with Crippen LogP contribution in [0.15, 0.2) is 194 Å². The summed E-state index contributed by atoms with van der Waals surface area (Å²) >= 11 is 0. The number of benzene rings is 7. The number of pyridine rings is 2. The molecule has 0 bridgehead atoms. The summed E-state index contributed by atoms with van der Waals surface area (Å²) in [6, 6.07) is 65.9. The summed E-state index contributed by atoms with van der Waals surface area (Å²) in [5, 5.41) is 0. The molecule has 11 rings (SSSR count). The summed E-state index contributed by atoms with van der Waals surface area (Å²) in [7, 11) is 0. The Balaban J connectivity index is 0.798. The van der Waals surface area contributed by atoms with Gasteiger partial charge in [0.2, 0.25) is 0 Å². The summed E-state index contributed by atoms with van der Waals surface area (Å²) in [4.78, 5) is 14.1. The largest absolute Gasteiger partial charge is 0.295 e. The van der Waals surface area contributed by atoms with Crippen molar-refractivity contribution in [3.63, 3.8) is 0 Å². The number of hydrogen-bond acceptors (Lipinski definition) is 4. The van der Waals surface area contributed by atoms with Crippen LogP contribution in [0.2, 0.25) is 0 Å². The molecule has 0 amide bonds. The summed E-state index contributed by atoms with van der Waals surface area (Å²) in [5.74, 6) is 1.80. The van der Waals surface area contributed by atoms with Crippen LogP contribution >= 0.6 is 0 Å². The van der Waals surface area contributed by atoms with Gasteiger partial charge in [-0.05, 0) is 165 Å². The quantitative estimate of drug-likeness (QED) is 0.128. The van der Waals surface area contributed by atoms with Gasteiger partial charge in [-0.1, -0.05) is 161 Å². The highest BCUT2D eigenvalue weighted by atomic mass is 15.2. The predicted octanol–water partition coefficient (Wildman–Crippen LogP) is 17.0. The first kappa shape index (κ1) is 42.5. The van der Waals surface area contributed by atoms with Crippen molar-refractivity contribution in [2.75, 3.05) is 9.80 Å². The minimum Gasteiger partial charge on any atom is -0.295 e. The van der Waals surface area contributed by atoms with Crippen molar-refractivity contribution in [2.24, 2.45) is 0 Å². The third-order valence-corrected chi connectivity index (χ3v) is 14.0. The molecule has 2 aliphatic carbocycles. The van der Waals surface area contributed by atoms with Crippen molar-refractivity contribution >= 4 is 58.7 Å². The van der Waals surface area contributed by atoms with Gasteiger partial charge in [-0.3, -0.25) is 9.80 Å². The SMILES string of the molecule is Cc1cccc(N(c2ccc3c(c2)C(C)(C)c2cc(/C=C/c4ccc(/C=C/c5ccc6c(c5)C(C)(C)c5cc(N(c7cccc(C)c7)c7ccccn7)ccc5-6)cc4)ccc2-3)c2ccccn2)c1. The zero-order chi connectivity index (χ0) is 46.6. The Kier molecular flexibility index (Phi) is 10.6. The van der Waals surface area contributed by atoms with Crippen LogP contribution in [-0.2, 0) is 10.8 Å². The van der Waals surface area contributed by atoms with E-state index in [4.69, 9.17) is 9.97 Å². The van der Waals surface area contributed by atoms with Crippen molar-refractivity contribution in [3.8, 4) is 22.3 Å². The van der Waals surface area contributed by atoms with E-state index in [0.29, 0.717) is 0 Å². The van der Waals surface area contributed by atoms with Crippen LogP contribution in [0.5, 0.6) is 0 Å². The molecule has 9 aromatic rings. The van der Waals surface area contributed by atoms with Crippen LogP contribution in [0.4, 0.5) is 34.4 Å². The lowest BCUT2D eigenvalue weighted by Crippen LogP contribution is -2.17. The highest BCUT2D eigenvalue weighted by molar-refractivity contribution is 5.88. The van der Waals surface area contributed by atoms with Crippen LogP contribution in [0.25, 0.3) is 46.6 Å².